The smallest absolute Gasteiger partial charge is 0.345 e. The molecule has 122 valence electrons. The van der Waals surface area contributed by atoms with E-state index >= 15 is 0 Å². The van der Waals surface area contributed by atoms with Crippen LogP contribution in [0.25, 0.3) is 32.5 Å². The van der Waals surface area contributed by atoms with Crippen molar-refractivity contribution in [3.05, 3.63) is 81.5 Å². The summed E-state index contributed by atoms with van der Waals surface area (Å²) in [7, 11) is 0. The van der Waals surface area contributed by atoms with Crippen LogP contribution in [0.3, 0.4) is 0 Å². The summed E-state index contributed by atoms with van der Waals surface area (Å²) in [6, 6.07) is 20.2. The Morgan fingerprint density at radius 3 is 2.24 bits per heavy atom. The zero-order valence-electron chi connectivity index (χ0n) is 13.6. The molecule has 1 aliphatic carbocycles. The molecule has 3 heteroatoms. The van der Waals surface area contributed by atoms with Crippen LogP contribution in [-0.2, 0) is 12.8 Å². The van der Waals surface area contributed by atoms with Crippen molar-refractivity contribution < 1.29 is 4.42 Å². The summed E-state index contributed by atoms with van der Waals surface area (Å²) in [5.41, 5.74) is 4.09. The van der Waals surface area contributed by atoms with Crippen LogP contribution in [0.15, 0.2) is 69.9 Å². The van der Waals surface area contributed by atoms with Gasteiger partial charge in [0.1, 0.15) is 5.76 Å². The fourth-order valence-corrected chi connectivity index (χ4v) is 5.20. The van der Waals surface area contributed by atoms with Crippen LogP contribution in [0.2, 0.25) is 0 Å². The molecule has 5 rings (SSSR count). The third-order valence-electron chi connectivity index (χ3n) is 4.87. The Balaban J connectivity index is 1.93. The van der Waals surface area contributed by atoms with E-state index in [0.29, 0.717) is 5.76 Å². The molecule has 0 amide bonds. The Bertz CT molecular complexity index is 1120. The van der Waals surface area contributed by atoms with Gasteiger partial charge in [-0.1, -0.05) is 60.7 Å². The second-order valence-electron chi connectivity index (χ2n) is 6.39. The van der Waals surface area contributed by atoms with Crippen molar-refractivity contribution in [2.75, 3.05) is 0 Å². The van der Waals surface area contributed by atoms with Crippen LogP contribution in [-0.4, -0.2) is 0 Å². The topological polar surface area (TPSA) is 30.2 Å². The normalized spacial score (nSPS) is 13.3. The minimum atomic E-state index is -0.201. The minimum absolute atomic E-state index is 0.201. The SMILES string of the molecule is O=c1oc(-c2ccccc2)c(-c2ccccc2)c2sc3c(c12)CCC3. The third kappa shape index (κ3) is 2.27. The summed E-state index contributed by atoms with van der Waals surface area (Å²) >= 11 is 1.77. The summed E-state index contributed by atoms with van der Waals surface area (Å²) in [6.45, 7) is 0. The molecule has 25 heavy (non-hydrogen) atoms. The van der Waals surface area contributed by atoms with Crippen molar-refractivity contribution in [2.45, 2.75) is 19.3 Å². The standard InChI is InChI=1S/C22H16O2S/c23-22-19-16-12-7-13-17(16)25-21(19)18(14-8-3-1-4-9-14)20(24-22)15-10-5-2-6-11-15/h1-6,8-11H,7,12-13H2. The second kappa shape index (κ2) is 5.71. The molecule has 0 spiro atoms. The van der Waals surface area contributed by atoms with Crippen molar-refractivity contribution in [3.63, 3.8) is 0 Å². The summed E-state index contributed by atoms with van der Waals surface area (Å²) in [6.07, 6.45) is 3.19. The first kappa shape index (κ1) is 14.7. The molecule has 0 bridgehead atoms. The fraction of sp³-hybridized carbons (Fsp3) is 0.136. The number of hydrogen-bond donors (Lipinski definition) is 0. The minimum Gasteiger partial charge on any atom is -0.422 e. The van der Waals surface area contributed by atoms with Gasteiger partial charge in [-0.2, -0.15) is 0 Å². The first-order chi connectivity index (χ1) is 12.3. The van der Waals surface area contributed by atoms with E-state index < -0.39 is 0 Å². The lowest BCUT2D eigenvalue weighted by Crippen LogP contribution is -2.03. The maximum atomic E-state index is 12.8. The molecule has 0 radical (unpaired) electrons. The molecule has 0 N–H and O–H groups in total. The highest BCUT2D eigenvalue weighted by atomic mass is 32.1. The molecule has 0 saturated heterocycles. The van der Waals surface area contributed by atoms with Crippen molar-refractivity contribution in [2.24, 2.45) is 0 Å². The van der Waals surface area contributed by atoms with E-state index in [0.717, 1.165) is 46.0 Å². The maximum absolute atomic E-state index is 12.8. The molecule has 4 aromatic rings. The molecule has 1 aliphatic rings. The first-order valence-electron chi connectivity index (χ1n) is 8.55. The lowest BCUT2D eigenvalue weighted by Gasteiger charge is -2.10. The predicted molar refractivity (Wildman–Crippen MR) is 103 cm³/mol. The van der Waals surface area contributed by atoms with Gasteiger partial charge in [-0.25, -0.2) is 4.79 Å². The van der Waals surface area contributed by atoms with Crippen LogP contribution in [0, 0.1) is 0 Å². The van der Waals surface area contributed by atoms with Gasteiger partial charge in [0.05, 0.1) is 10.1 Å². The van der Waals surface area contributed by atoms with Crippen LogP contribution >= 0.6 is 11.3 Å². The lowest BCUT2D eigenvalue weighted by atomic mass is 9.99. The monoisotopic (exact) mass is 344 g/mol. The molecule has 2 aromatic heterocycles. The third-order valence-corrected chi connectivity index (χ3v) is 6.18. The molecule has 2 aromatic carbocycles. The molecular weight excluding hydrogens is 328 g/mol. The number of aryl methyl sites for hydroxylation is 2. The predicted octanol–water partition coefficient (Wildman–Crippen LogP) is 5.68. The van der Waals surface area contributed by atoms with Gasteiger partial charge in [-0.15, -0.1) is 11.3 Å². The quantitative estimate of drug-likeness (QED) is 0.468. The number of rotatable bonds is 2. The molecular formula is C22H16O2S. The van der Waals surface area contributed by atoms with Gasteiger partial charge in [-0.3, -0.25) is 0 Å². The number of thiophene rings is 1. The van der Waals surface area contributed by atoms with E-state index in [-0.39, 0.29) is 5.63 Å². The van der Waals surface area contributed by atoms with Crippen molar-refractivity contribution in [1.82, 2.24) is 0 Å². The van der Waals surface area contributed by atoms with Gasteiger partial charge >= 0.3 is 5.63 Å². The van der Waals surface area contributed by atoms with E-state index in [2.05, 4.69) is 12.1 Å². The fourth-order valence-electron chi connectivity index (χ4n) is 3.75. The summed E-state index contributed by atoms with van der Waals surface area (Å²) in [5.74, 6) is 0.671. The summed E-state index contributed by atoms with van der Waals surface area (Å²) in [5, 5.41) is 0.802. The Hall–Kier alpha value is -2.65. The van der Waals surface area contributed by atoms with Gasteiger partial charge in [0.15, 0.2) is 0 Å². The molecule has 0 fully saturated rings. The van der Waals surface area contributed by atoms with Crippen molar-refractivity contribution in [1.29, 1.82) is 0 Å². The van der Waals surface area contributed by atoms with Crippen LogP contribution < -0.4 is 5.63 Å². The Labute approximate surface area is 149 Å². The van der Waals surface area contributed by atoms with E-state index in [9.17, 15) is 4.79 Å². The average molecular weight is 344 g/mol. The largest absolute Gasteiger partial charge is 0.422 e. The van der Waals surface area contributed by atoms with Crippen LogP contribution in [0.5, 0.6) is 0 Å². The van der Waals surface area contributed by atoms with Gasteiger partial charge in [-0.05, 0) is 30.4 Å². The Kier molecular flexibility index (Phi) is 3.35. The van der Waals surface area contributed by atoms with E-state index in [1.54, 1.807) is 11.3 Å². The molecule has 0 aliphatic heterocycles. The highest BCUT2D eigenvalue weighted by Gasteiger charge is 2.25. The van der Waals surface area contributed by atoms with E-state index in [4.69, 9.17) is 4.42 Å². The highest BCUT2D eigenvalue weighted by molar-refractivity contribution is 7.20. The lowest BCUT2D eigenvalue weighted by molar-refractivity contribution is 0.536. The average Bonchev–Trinajstić information content (AvgIpc) is 3.24. The number of hydrogen-bond acceptors (Lipinski definition) is 3. The zero-order valence-corrected chi connectivity index (χ0v) is 14.4. The van der Waals surface area contributed by atoms with Crippen molar-refractivity contribution >= 4 is 21.4 Å². The molecule has 0 atom stereocenters. The van der Waals surface area contributed by atoms with Crippen LogP contribution in [0.4, 0.5) is 0 Å². The van der Waals surface area contributed by atoms with Gasteiger partial charge in [0.2, 0.25) is 0 Å². The zero-order chi connectivity index (χ0) is 16.8. The number of fused-ring (bicyclic) bond motifs is 3. The molecule has 0 saturated carbocycles. The second-order valence-corrected chi connectivity index (χ2v) is 7.49. The van der Waals surface area contributed by atoms with Crippen LogP contribution in [0.1, 0.15) is 16.9 Å². The molecule has 2 nitrogen and oxygen atoms in total. The van der Waals surface area contributed by atoms with Gasteiger partial charge in [0.25, 0.3) is 0 Å². The number of benzene rings is 2. The van der Waals surface area contributed by atoms with Gasteiger partial charge in [0, 0.05) is 16.0 Å². The summed E-state index contributed by atoms with van der Waals surface area (Å²) < 4.78 is 6.97. The van der Waals surface area contributed by atoms with E-state index in [1.807, 2.05) is 48.5 Å². The van der Waals surface area contributed by atoms with E-state index in [1.165, 1.54) is 10.4 Å². The molecule has 2 heterocycles. The van der Waals surface area contributed by atoms with Gasteiger partial charge < -0.3 is 4.42 Å². The Morgan fingerprint density at radius 1 is 0.840 bits per heavy atom. The maximum Gasteiger partial charge on any atom is 0.345 e. The molecule has 0 unspecified atom stereocenters. The highest BCUT2D eigenvalue weighted by Crippen LogP contribution is 2.44. The summed E-state index contributed by atoms with van der Waals surface area (Å²) in [4.78, 5) is 14.2. The first-order valence-corrected chi connectivity index (χ1v) is 9.37. The van der Waals surface area contributed by atoms with Crippen molar-refractivity contribution in [3.8, 4) is 22.5 Å². The Morgan fingerprint density at radius 2 is 1.52 bits per heavy atom.